The van der Waals surface area contributed by atoms with Crippen molar-refractivity contribution in [2.75, 3.05) is 11.9 Å². The lowest BCUT2D eigenvalue weighted by molar-refractivity contribution is -0.118. The smallest absolute Gasteiger partial charge is 0.262 e. The Hall–Kier alpha value is -1.89. The second-order valence-electron chi connectivity index (χ2n) is 3.97. The van der Waals surface area contributed by atoms with Crippen molar-refractivity contribution in [1.82, 2.24) is 0 Å². The van der Waals surface area contributed by atoms with Crippen molar-refractivity contribution >= 4 is 40.5 Å². The van der Waals surface area contributed by atoms with Gasteiger partial charge in [-0.25, -0.2) is 0 Å². The van der Waals surface area contributed by atoms with Crippen LogP contribution in [0.4, 0.5) is 5.69 Å². The molecule has 4 nitrogen and oxygen atoms in total. The summed E-state index contributed by atoms with van der Waals surface area (Å²) >= 11 is 2.14. The molecule has 0 heterocycles. The first-order valence-corrected chi connectivity index (χ1v) is 7.00. The zero-order valence-electron chi connectivity index (χ0n) is 10.5. The van der Waals surface area contributed by atoms with Crippen molar-refractivity contribution in [1.29, 1.82) is 0 Å². The average molecular weight is 381 g/mol. The third-order valence-electron chi connectivity index (χ3n) is 2.55. The molecule has 0 aliphatic carbocycles. The van der Waals surface area contributed by atoms with Gasteiger partial charge in [0.1, 0.15) is 5.75 Å². The van der Waals surface area contributed by atoms with E-state index in [4.69, 9.17) is 4.74 Å². The molecule has 0 saturated heterocycles. The summed E-state index contributed by atoms with van der Waals surface area (Å²) in [6.45, 7) is -0.143. The molecule has 0 aliphatic heterocycles. The van der Waals surface area contributed by atoms with Crippen LogP contribution in [0.3, 0.4) is 0 Å². The molecule has 1 N–H and O–H groups in total. The van der Waals surface area contributed by atoms with Gasteiger partial charge in [0, 0.05) is 3.57 Å². The molecule has 20 heavy (non-hydrogen) atoms. The molecular weight excluding hydrogens is 369 g/mol. The average Bonchev–Trinajstić information content (AvgIpc) is 2.48. The molecule has 2 aromatic carbocycles. The Morgan fingerprint density at radius 1 is 1.15 bits per heavy atom. The van der Waals surface area contributed by atoms with E-state index < -0.39 is 0 Å². The minimum absolute atomic E-state index is 0.143. The van der Waals surface area contributed by atoms with Crippen LogP contribution in [0.2, 0.25) is 0 Å². The lowest BCUT2D eigenvalue weighted by Gasteiger charge is -2.09. The lowest BCUT2D eigenvalue weighted by atomic mass is 10.2. The molecule has 0 saturated carbocycles. The van der Waals surface area contributed by atoms with Gasteiger partial charge in [-0.15, -0.1) is 0 Å². The van der Waals surface area contributed by atoms with Gasteiger partial charge < -0.3 is 10.1 Å². The van der Waals surface area contributed by atoms with Gasteiger partial charge in [0.05, 0.1) is 11.3 Å². The summed E-state index contributed by atoms with van der Waals surface area (Å²) in [4.78, 5) is 22.6. The Morgan fingerprint density at radius 2 is 1.85 bits per heavy atom. The highest BCUT2D eigenvalue weighted by atomic mass is 127. The van der Waals surface area contributed by atoms with E-state index in [2.05, 4.69) is 27.9 Å². The van der Waals surface area contributed by atoms with Crippen molar-refractivity contribution in [2.45, 2.75) is 0 Å². The number of amides is 1. The fraction of sp³-hybridized carbons (Fsp3) is 0.0667. The molecule has 0 fully saturated rings. The number of carbonyl (C=O) groups excluding carboxylic acids is 2. The van der Waals surface area contributed by atoms with Crippen LogP contribution >= 0.6 is 22.6 Å². The van der Waals surface area contributed by atoms with E-state index in [-0.39, 0.29) is 12.5 Å². The predicted octanol–water partition coefficient (Wildman–Crippen LogP) is 3.12. The Morgan fingerprint density at radius 3 is 2.60 bits per heavy atom. The first-order valence-electron chi connectivity index (χ1n) is 5.92. The number of anilines is 1. The molecule has 0 spiro atoms. The Labute approximate surface area is 130 Å². The maximum atomic E-state index is 11.8. The van der Waals surface area contributed by atoms with E-state index in [0.29, 0.717) is 17.6 Å². The summed E-state index contributed by atoms with van der Waals surface area (Å²) in [6, 6.07) is 14.2. The maximum absolute atomic E-state index is 11.8. The number of nitrogens with one attached hydrogen (secondary N) is 1. The highest BCUT2D eigenvalue weighted by Gasteiger charge is 2.07. The predicted molar refractivity (Wildman–Crippen MR) is 85.1 cm³/mol. The highest BCUT2D eigenvalue weighted by molar-refractivity contribution is 14.1. The first kappa shape index (κ1) is 14.5. The van der Waals surface area contributed by atoms with Crippen LogP contribution < -0.4 is 10.1 Å². The minimum atomic E-state index is -0.269. The number of aldehydes is 1. The fourth-order valence-electron chi connectivity index (χ4n) is 1.60. The quantitative estimate of drug-likeness (QED) is 0.640. The van der Waals surface area contributed by atoms with Crippen molar-refractivity contribution in [3.05, 3.63) is 57.7 Å². The van der Waals surface area contributed by atoms with Crippen LogP contribution in [0.25, 0.3) is 0 Å². The lowest BCUT2D eigenvalue weighted by Crippen LogP contribution is -2.21. The van der Waals surface area contributed by atoms with Gasteiger partial charge in [-0.1, -0.05) is 24.3 Å². The standard InChI is InChI=1S/C15H12INO3/c16-12-6-2-3-7-13(12)17-15(19)10-20-14-8-4-1-5-11(14)9-18/h1-9H,10H2,(H,17,19). The van der Waals surface area contributed by atoms with Crippen LogP contribution in [-0.4, -0.2) is 18.8 Å². The fourth-order valence-corrected chi connectivity index (χ4v) is 2.12. The molecule has 0 radical (unpaired) electrons. The van der Waals surface area contributed by atoms with Gasteiger partial charge in [0.2, 0.25) is 0 Å². The number of hydrogen-bond donors (Lipinski definition) is 1. The number of hydrogen-bond acceptors (Lipinski definition) is 3. The van der Waals surface area contributed by atoms with Gasteiger partial charge in [0.25, 0.3) is 5.91 Å². The molecule has 102 valence electrons. The number of benzene rings is 2. The van der Waals surface area contributed by atoms with E-state index >= 15 is 0 Å². The minimum Gasteiger partial charge on any atom is -0.483 e. The molecule has 0 aromatic heterocycles. The largest absolute Gasteiger partial charge is 0.483 e. The van der Waals surface area contributed by atoms with Crippen molar-refractivity contribution in [3.8, 4) is 5.75 Å². The third-order valence-corrected chi connectivity index (χ3v) is 3.49. The number of carbonyl (C=O) groups is 2. The maximum Gasteiger partial charge on any atom is 0.262 e. The van der Waals surface area contributed by atoms with Crippen molar-refractivity contribution in [2.24, 2.45) is 0 Å². The molecule has 0 aliphatic rings. The molecular formula is C15H12INO3. The van der Waals surface area contributed by atoms with E-state index in [1.165, 1.54) is 0 Å². The Kier molecular flexibility index (Phi) is 5.11. The zero-order chi connectivity index (χ0) is 14.4. The van der Waals surface area contributed by atoms with Crippen LogP contribution in [0.15, 0.2) is 48.5 Å². The molecule has 1 amide bonds. The number of ether oxygens (including phenoxy) is 1. The highest BCUT2D eigenvalue weighted by Crippen LogP contribution is 2.18. The van der Waals surface area contributed by atoms with Crippen molar-refractivity contribution in [3.63, 3.8) is 0 Å². The van der Waals surface area contributed by atoms with E-state index in [1.54, 1.807) is 24.3 Å². The Balaban J connectivity index is 1.96. The first-order chi connectivity index (χ1) is 9.70. The topological polar surface area (TPSA) is 55.4 Å². The van der Waals surface area contributed by atoms with Crippen LogP contribution in [0.1, 0.15) is 10.4 Å². The monoisotopic (exact) mass is 381 g/mol. The number of rotatable bonds is 5. The molecule has 0 atom stereocenters. The number of para-hydroxylation sites is 2. The summed E-state index contributed by atoms with van der Waals surface area (Å²) < 4.78 is 6.31. The summed E-state index contributed by atoms with van der Waals surface area (Å²) in [5, 5.41) is 2.76. The van der Waals surface area contributed by atoms with Crippen molar-refractivity contribution < 1.29 is 14.3 Å². The van der Waals surface area contributed by atoms with Gasteiger partial charge in [-0.05, 0) is 46.9 Å². The van der Waals surface area contributed by atoms with Crippen LogP contribution in [0.5, 0.6) is 5.75 Å². The second-order valence-corrected chi connectivity index (χ2v) is 5.13. The summed E-state index contributed by atoms with van der Waals surface area (Å²) in [5.74, 6) is 0.134. The van der Waals surface area contributed by atoms with Gasteiger partial charge in [-0.3, -0.25) is 9.59 Å². The van der Waals surface area contributed by atoms with Crippen LogP contribution in [0, 0.1) is 3.57 Å². The molecule has 0 unspecified atom stereocenters. The van der Waals surface area contributed by atoms with Gasteiger partial charge >= 0.3 is 0 Å². The molecule has 2 rings (SSSR count). The molecule has 2 aromatic rings. The normalized spacial score (nSPS) is 9.85. The summed E-state index contributed by atoms with van der Waals surface area (Å²) in [6.07, 6.45) is 0.702. The summed E-state index contributed by atoms with van der Waals surface area (Å²) in [7, 11) is 0. The van der Waals surface area contributed by atoms with Gasteiger partial charge in [-0.2, -0.15) is 0 Å². The Bertz CT molecular complexity index is 628. The molecule has 5 heteroatoms. The van der Waals surface area contributed by atoms with E-state index in [1.807, 2.05) is 24.3 Å². The van der Waals surface area contributed by atoms with E-state index in [0.717, 1.165) is 9.26 Å². The SMILES string of the molecule is O=Cc1ccccc1OCC(=O)Nc1ccccc1I. The van der Waals surface area contributed by atoms with E-state index in [9.17, 15) is 9.59 Å². The third kappa shape index (κ3) is 3.80. The molecule has 0 bridgehead atoms. The zero-order valence-corrected chi connectivity index (χ0v) is 12.7. The number of halogens is 1. The van der Waals surface area contributed by atoms with Gasteiger partial charge in [0.15, 0.2) is 12.9 Å². The summed E-state index contributed by atoms with van der Waals surface area (Å²) in [5.41, 5.74) is 1.17. The second kappa shape index (κ2) is 7.04. The van der Waals surface area contributed by atoms with Crippen LogP contribution in [-0.2, 0) is 4.79 Å².